The number of rotatable bonds is 21. The third-order valence-corrected chi connectivity index (χ3v) is 22.9. The van der Waals surface area contributed by atoms with E-state index in [4.69, 9.17) is 66.3 Å². The summed E-state index contributed by atoms with van der Waals surface area (Å²) in [5.74, 6) is -5.18. The lowest BCUT2D eigenvalue weighted by Gasteiger charge is -2.52. The summed E-state index contributed by atoms with van der Waals surface area (Å²) >= 11 is 0. The number of hydrogen-bond donors (Lipinski definition) is 20. The fourth-order valence-electron chi connectivity index (χ4n) is 16.3. The Bertz CT molecular complexity index is 2670. The van der Waals surface area contributed by atoms with Crippen LogP contribution >= 0.6 is 0 Å². The number of ether oxygens (including phenoxy) is 14. The SMILES string of the molecule is C[C@@H]1O[C@@H](OC[C@H]2O[C@@H](OC3CC4C(O)CC(O[C@@H]5O[C@H](COC(=O)C6CCC(O[C@@H]7O[C@H](COC(=O)C8CCC(O[C@@H]9O[C@H](COC(=O)C%10CCC(O)CC%10)[C@@H](O)[C@H](O)[C@H]9O)CC8)[C@@H](O)[C@H](O)[C@H]7O)CC6)[C@@H](O)[C@H](O)[C@H]5O)CC4OC3C3CC(O)C(O)C(O)C3)[C@H](O)[C@@H](O)[C@@H]2O)[C@H](O)[C@H](O)[C@H]1O. The molecule has 0 aromatic rings. The lowest BCUT2D eigenvalue weighted by Crippen LogP contribution is -2.63. The predicted octanol–water partition coefficient (Wildman–Crippen LogP) is -8.42. The van der Waals surface area contributed by atoms with Crippen molar-refractivity contribution in [2.75, 3.05) is 26.4 Å². The van der Waals surface area contributed by atoms with Gasteiger partial charge in [-0.15, -0.1) is 0 Å². The van der Waals surface area contributed by atoms with Gasteiger partial charge in [-0.1, -0.05) is 0 Å². The van der Waals surface area contributed by atoms with Crippen LogP contribution in [0.25, 0.3) is 0 Å². The standard InChI is InChI=1S/C66H106O37/c1-23-42(71)48(77)53(82)62(94-23)93-22-41-47(76)52(81)57(86)66(103-41)99-37-18-32-33(68)16-31(17-36(32)98-58(37)27-14-34(69)43(72)35(70)15-27)97-65-56(85)51(80)46(75)40(102-65)21-92-61(89)26-6-12-30(13-7-26)96-64-55(84)50(79)45(74)39(101-64)20-91-60(88)25-4-10-29(11-5-25)95-63-54(83)49(78)44(73)38(100-63)19-90-59(87)24-2-8-28(67)9-3-24/h23-58,62-86H,2-22H2,1H3/t23-,24?,25?,26?,27?,28?,29?,30?,31?,32?,33?,34?,35?,36?,37?,38+,39+,40+,41+,42-,43?,44+,45+,46+,47+,48+,49-,50-,51-,52-,53+,54+,55+,56+,57+,58?,62+,63+,64+,65+,66+/m0/s1. The van der Waals surface area contributed by atoms with E-state index in [0.29, 0.717) is 25.7 Å². The van der Waals surface area contributed by atoms with Crippen LogP contribution < -0.4 is 0 Å². The molecule has 37 heteroatoms. The number of aliphatic hydroxyl groups excluding tert-OH is 20. The van der Waals surface area contributed by atoms with Gasteiger partial charge in [0.05, 0.1) is 91.5 Å². The molecular formula is C66H106O37. The van der Waals surface area contributed by atoms with Gasteiger partial charge in [0.2, 0.25) is 0 Å². The van der Waals surface area contributed by atoms with Crippen LogP contribution in [0.15, 0.2) is 0 Å². The van der Waals surface area contributed by atoms with E-state index in [1.807, 2.05) is 0 Å². The van der Waals surface area contributed by atoms with Crippen LogP contribution in [0.5, 0.6) is 0 Å². The van der Waals surface area contributed by atoms with Gasteiger partial charge in [0, 0.05) is 18.8 Å². The summed E-state index contributed by atoms with van der Waals surface area (Å²) < 4.78 is 82.4. The minimum atomic E-state index is -1.90. The molecule has 0 spiro atoms. The van der Waals surface area contributed by atoms with Gasteiger partial charge in [-0.05, 0) is 109 Å². The average Bonchev–Trinajstić information content (AvgIpc) is 0.761. The Morgan fingerprint density at radius 3 is 1.10 bits per heavy atom. The van der Waals surface area contributed by atoms with Crippen molar-refractivity contribution >= 4 is 17.9 Å². The van der Waals surface area contributed by atoms with Crippen LogP contribution in [-0.2, 0) is 80.7 Å². The third kappa shape index (κ3) is 18.8. The van der Waals surface area contributed by atoms with Crippen LogP contribution in [0.3, 0.4) is 0 Å². The van der Waals surface area contributed by atoms with Crippen molar-refractivity contribution in [3.05, 3.63) is 0 Å². The monoisotopic (exact) mass is 1490 g/mol. The summed E-state index contributed by atoms with van der Waals surface area (Å²) in [6, 6.07) is 0. The van der Waals surface area contributed by atoms with E-state index in [9.17, 15) is 117 Å². The summed E-state index contributed by atoms with van der Waals surface area (Å²) in [5.41, 5.74) is 0. The average molecular weight is 1490 g/mol. The number of carbonyl (C=O) groups excluding carboxylic acids is 3. The van der Waals surface area contributed by atoms with Crippen molar-refractivity contribution in [3.8, 4) is 0 Å². The fourth-order valence-corrected chi connectivity index (χ4v) is 16.3. The molecule has 592 valence electrons. The molecule has 33 atom stereocenters. The van der Waals surface area contributed by atoms with Gasteiger partial charge in [0.15, 0.2) is 31.5 Å². The van der Waals surface area contributed by atoms with Gasteiger partial charge in [-0.2, -0.15) is 0 Å². The van der Waals surface area contributed by atoms with Crippen LogP contribution in [0.4, 0.5) is 0 Å². The second-order valence-electron chi connectivity index (χ2n) is 30.1. The maximum atomic E-state index is 13.6. The highest BCUT2D eigenvalue weighted by Crippen LogP contribution is 2.46. The highest BCUT2D eigenvalue weighted by atomic mass is 16.8. The van der Waals surface area contributed by atoms with Gasteiger partial charge in [-0.25, -0.2) is 0 Å². The van der Waals surface area contributed by atoms with Crippen molar-refractivity contribution in [2.45, 2.75) is 337 Å². The number of carbonyl (C=O) groups is 3. The highest BCUT2D eigenvalue weighted by molar-refractivity contribution is 5.73. The van der Waals surface area contributed by atoms with Crippen molar-refractivity contribution in [3.63, 3.8) is 0 Å². The van der Waals surface area contributed by atoms with E-state index >= 15 is 0 Å². The lowest BCUT2D eigenvalue weighted by molar-refractivity contribution is -0.348. The zero-order valence-corrected chi connectivity index (χ0v) is 56.9. The molecule has 0 aromatic carbocycles. The molecule has 6 aliphatic heterocycles. The summed E-state index contributed by atoms with van der Waals surface area (Å²) in [7, 11) is 0. The molecule has 0 amide bonds. The second-order valence-corrected chi connectivity index (χ2v) is 30.1. The quantitative estimate of drug-likeness (QED) is 0.0375. The second kappa shape index (κ2) is 35.5. The molecule has 5 saturated carbocycles. The van der Waals surface area contributed by atoms with E-state index < -0.39 is 295 Å². The zero-order chi connectivity index (χ0) is 74.2. The molecule has 5 aliphatic carbocycles. The topological polar surface area (TPSA) is 585 Å². The number of esters is 3. The molecule has 11 aliphatic rings. The summed E-state index contributed by atoms with van der Waals surface area (Å²) in [6.07, 6.45) is -48.5. The minimum Gasteiger partial charge on any atom is -0.463 e. The number of aliphatic hydroxyl groups is 20. The van der Waals surface area contributed by atoms with Crippen molar-refractivity contribution in [1.82, 2.24) is 0 Å². The molecule has 8 unspecified atom stereocenters. The molecule has 11 fully saturated rings. The minimum absolute atomic E-state index is 0.00408. The smallest absolute Gasteiger partial charge is 0.309 e. The van der Waals surface area contributed by atoms with Gasteiger partial charge in [-0.3, -0.25) is 14.4 Å². The summed E-state index contributed by atoms with van der Waals surface area (Å²) in [6.45, 7) is -0.741. The molecule has 37 nitrogen and oxygen atoms in total. The molecule has 6 heterocycles. The Balaban J connectivity index is 0.618. The molecule has 103 heavy (non-hydrogen) atoms. The molecule has 6 saturated heterocycles. The molecular weight excluding hydrogens is 1380 g/mol. The first-order chi connectivity index (χ1) is 48.9. The van der Waals surface area contributed by atoms with Gasteiger partial charge in [0.1, 0.15) is 142 Å². The number of fused-ring (bicyclic) bond motifs is 1. The van der Waals surface area contributed by atoms with Crippen LogP contribution in [-0.4, -0.2) is 367 Å². The highest BCUT2D eigenvalue weighted by Gasteiger charge is 2.56. The van der Waals surface area contributed by atoms with Gasteiger partial charge < -0.3 is 168 Å². The van der Waals surface area contributed by atoms with E-state index in [2.05, 4.69) is 0 Å². The van der Waals surface area contributed by atoms with E-state index in [-0.39, 0.29) is 83.5 Å². The van der Waals surface area contributed by atoms with Crippen LogP contribution in [0, 0.1) is 29.6 Å². The van der Waals surface area contributed by atoms with E-state index in [1.54, 1.807) is 0 Å². The van der Waals surface area contributed by atoms with Crippen molar-refractivity contribution in [1.29, 1.82) is 0 Å². The Morgan fingerprint density at radius 1 is 0.320 bits per heavy atom. The Morgan fingerprint density at radius 2 is 0.680 bits per heavy atom. The maximum absolute atomic E-state index is 13.6. The first-order valence-corrected chi connectivity index (χ1v) is 36.2. The van der Waals surface area contributed by atoms with Gasteiger partial charge in [0.25, 0.3) is 0 Å². The Hall–Kier alpha value is -2.83. The van der Waals surface area contributed by atoms with Crippen molar-refractivity contribution < 1.29 is 183 Å². The summed E-state index contributed by atoms with van der Waals surface area (Å²) in [4.78, 5) is 39.6. The normalized spacial score (nSPS) is 50.8. The zero-order valence-electron chi connectivity index (χ0n) is 56.9. The van der Waals surface area contributed by atoms with Crippen LogP contribution in [0.1, 0.15) is 116 Å². The molecule has 11 rings (SSSR count). The van der Waals surface area contributed by atoms with E-state index in [1.165, 1.54) is 6.92 Å². The molecule has 0 radical (unpaired) electrons. The Labute approximate surface area is 591 Å². The first kappa shape index (κ1) is 81.2. The first-order valence-electron chi connectivity index (χ1n) is 36.2. The molecule has 0 bridgehead atoms. The van der Waals surface area contributed by atoms with Crippen LogP contribution in [0.2, 0.25) is 0 Å². The molecule has 20 N–H and O–H groups in total. The van der Waals surface area contributed by atoms with E-state index in [0.717, 1.165) is 0 Å². The largest absolute Gasteiger partial charge is 0.463 e. The van der Waals surface area contributed by atoms with Crippen molar-refractivity contribution in [2.24, 2.45) is 29.6 Å². The predicted molar refractivity (Wildman–Crippen MR) is 332 cm³/mol. The van der Waals surface area contributed by atoms with Gasteiger partial charge >= 0.3 is 17.9 Å². The lowest BCUT2D eigenvalue weighted by atomic mass is 9.72. The fraction of sp³-hybridized carbons (Fsp3) is 0.955. The third-order valence-electron chi connectivity index (χ3n) is 22.9. The summed E-state index contributed by atoms with van der Waals surface area (Å²) in [5, 5.41) is 216. The Kier molecular flexibility index (Phi) is 27.9. The maximum Gasteiger partial charge on any atom is 0.309 e. The molecule has 0 aromatic heterocycles. The number of hydrogen-bond acceptors (Lipinski definition) is 37.